The number of hydrogen-bond acceptors (Lipinski definition) is 3. The van der Waals surface area contributed by atoms with Gasteiger partial charge in [0.2, 0.25) is 0 Å². The normalized spacial score (nSPS) is 20.6. The monoisotopic (exact) mass is 410 g/mol. The van der Waals surface area contributed by atoms with Crippen LogP contribution >= 0.6 is 0 Å². The van der Waals surface area contributed by atoms with E-state index in [1.165, 1.54) is 51.4 Å². The van der Waals surface area contributed by atoms with Crippen molar-refractivity contribution in [2.45, 2.75) is 130 Å². The van der Waals surface area contributed by atoms with Gasteiger partial charge in [0.25, 0.3) is 0 Å². The number of carboxylic acid groups (broad SMARTS) is 1. The Balaban J connectivity index is 2.34. The summed E-state index contributed by atoms with van der Waals surface area (Å²) in [5.74, 6) is 0.837. The fraction of sp³-hybridized carbons (Fsp3) is 0.920. The molecule has 0 spiro atoms. The maximum Gasteiger partial charge on any atom is 0.309 e. The SMILES string of the molecule is CCCCC[C@@H](CC[C@H]1CCC[C@@H]1CCCCCC(C)(C)C(=O)O)OC(=O)CC. The largest absolute Gasteiger partial charge is 0.481 e. The summed E-state index contributed by atoms with van der Waals surface area (Å²) in [6.07, 6.45) is 16.7. The highest BCUT2D eigenvalue weighted by Crippen LogP contribution is 2.39. The summed E-state index contributed by atoms with van der Waals surface area (Å²) in [5, 5.41) is 9.22. The molecule has 1 fully saturated rings. The van der Waals surface area contributed by atoms with Crippen LogP contribution in [0.25, 0.3) is 0 Å². The summed E-state index contributed by atoms with van der Waals surface area (Å²) in [5.41, 5.74) is -0.599. The number of esters is 1. The molecule has 0 aromatic heterocycles. The Kier molecular flexibility index (Phi) is 12.6. The molecule has 0 heterocycles. The van der Waals surface area contributed by atoms with Crippen LogP contribution in [0, 0.1) is 17.3 Å². The maximum atomic E-state index is 11.8. The molecule has 0 saturated heterocycles. The third-order valence-corrected chi connectivity index (χ3v) is 6.85. The van der Waals surface area contributed by atoms with E-state index in [9.17, 15) is 14.7 Å². The molecule has 0 aliphatic heterocycles. The van der Waals surface area contributed by atoms with Gasteiger partial charge in [-0.1, -0.05) is 71.6 Å². The third-order valence-electron chi connectivity index (χ3n) is 6.85. The van der Waals surface area contributed by atoms with Gasteiger partial charge in [0.1, 0.15) is 6.10 Å². The molecule has 1 aliphatic rings. The van der Waals surface area contributed by atoms with Crippen molar-refractivity contribution in [2.75, 3.05) is 0 Å². The lowest BCUT2D eigenvalue weighted by atomic mass is 9.84. The highest BCUT2D eigenvalue weighted by molar-refractivity contribution is 5.73. The van der Waals surface area contributed by atoms with Gasteiger partial charge in [-0.15, -0.1) is 0 Å². The maximum absolute atomic E-state index is 11.8. The fourth-order valence-corrected chi connectivity index (χ4v) is 4.68. The van der Waals surface area contributed by atoms with E-state index in [4.69, 9.17) is 4.74 Å². The lowest BCUT2D eigenvalue weighted by molar-refractivity contribution is -0.149. The van der Waals surface area contributed by atoms with Crippen LogP contribution in [0.15, 0.2) is 0 Å². The van der Waals surface area contributed by atoms with Gasteiger partial charge in [0.15, 0.2) is 0 Å². The molecular weight excluding hydrogens is 364 g/mol. The number of carbonyl (C=O) groups excluding carboxylic acids is 1. The number of hydrogen-bond donors (Lipinski definition) is 1. The van der Waals surface area contributed by atoms with Crippen LogP contribution in [0.3, 0.4) is 0 Å². The molecule has 4 heteroatoms. The Labute approximate surface area is 179 Å². The average molecular weight is 411 g/mol. The molecule has 4 nitrogen and oxygen atoms in total. The third kappa shape index (κ3) is 10.5. The van der Waals surface area contributed by atoms with Crippen LogP contribution < -0.4 is 0 Å². The number of ether oxygens (including phenoxy) is 1. The average Bonchev–Trinajstić information content (AvgIpc) is 3.12. The van der Waals surface area contributed by atoms with Gasteiger partial charge >= 0.3 is 11.9 Å². The Hall–Kier alpha value is -1.06. The number of aliphatic carboxylic acids is 1. The van der Waals surface area contributed by atoms with Gasteiger partial charge in [-0.05, 0) is 57.8 Å². The van der Waals surface area contributed by atoms with Gasteiger partial charge in [-0.25, -0.2) is 0 Å². The zero-order valence-corrected chi connectivity index (χ0v) is 19.5. The quantitative estimate of drug-likeness (QED) is 0.217. The zero-order valence-electron chi connectivity index (χ0n) is 19.5. The summed E-state index contributed by atoms with van der Waals surface area (Å²) >= 11 is 0. The number of carboxylic acids is 1. The molecule has 0 radical (unpaired) electrons. The molecule has 29 heavy (non-hydrogen) atoms. The van der Waals surface area contributed by atoms with Crippen LogP contribution in [0.1, 0.15) is 124 Å². The van der Waals surface area contributed by atoms with E-state index in [-0.39, 0.29) is 12.1 Å². The summed E-state index contributed by atoms with van der Waals surface area (Å²) in [6.45, 7) is 7.73. The van der Waals surface area contributed by atoms with Gasteiger partial charge in [-0.3, -0.25) is 9.59 Å². The topological polar surface area (TPSA) is 63.6 Å². The zero-order chi connectivity index (χ0) is 21.7. The predicted molar refractivity (Wildman–Crippen MR) is 119 cm³/mol. The van der Waals surface area contributed by atoms with Crippen molar-refractivity contribution in [1.82, 2.24) is 0 Å². The van der Waals surface area contributed by atoms with Crippen molar-refractivity contribution in [3.63, 3.8) is 0 Å². The second-order valence-electron chi connectivity index (χ2n) is 9.78. The highest BCUT2D eigenvalue weighted by Gasteiger charge is 2.29. The fourth-order valence-electron chi connectivity index (χ4n) is 4.68. The minimum atomic E-state index is -0.689. The van der Waals surface area contributed by atoms with Crippen molar-refractivity contribution < 1.29 is 19.4 Å². The van der Waals surface area contributed by atoms with E-state index in [2.05, 4.69) is 6.92 Å². The van der Waals surface area contributed by atoms with Crippen molar-refractivity contribution >= 4 is 11.9 Å². The van der Waals surface area contributed by atoms with Gasteiger partial charge in [0, 0.05) is 6.42 Å². The first-order valence-electron chi connectivity index (χ1n) is 12.2. The Morgan fingerprint density at radius 2 is 1.66 bits per heavy atom. The predicted octanol–water partition coefficient (Wildman–Crippen LogP) is 7.15. The van der Waals surface area contributed by atoms with Crippen LogP contribution in [-0.4, -0.2) is 23.1 Å². The van der Waals surface area contributed by atoms with E-state index >= 15 is 0 Å². The summed E-state index contributed by atoms with van der Waals surface area (Å²) < 4.78 is 5.72. The summed E-state index contributed by atoms with van der Waals surface area (Å²) in [6, 6.07) is 0. The Bertz CT molecular complexity index is 471. The van der Waals surface area contributed by atoms with E-state index in [1.807, 2.05) is 20.8 Å². The smallest absolute Gasteiger partial charge is 0.309 e. The molecule has 1 saturated carbocycles. The number of unbranched alkanes of at least 4 members (excludes halogenated alkanes) is 4. The highest BCUT2D eigenvalue weighted by atomic mass is 16.5. The van der Waals surface area contributed by atoms with Crippen molar-refractivity contribution in [3.05, 3.63) is 0 Å². The second kappa shape index (κ2) is 14.0. The molecule has 1 N–H and O–H groups in total. The first kappa shape index (κ1) is 26.0. The molecule has 0 aromatic rings. The van der Waals surface area contributed by atoms with Gasteiger partial charge in [-0.2, -0.15) is 0 Å². The van der Waals surface area contributed by atoms with Crippen molar-refractivity contribution in [2.24, 2.45) is 17.3 Å². The van der Waals surface area contributed by atoms with Gasteiger partial charge in [0.05, 0.1) is 5.41 Å². The Morgan fingerprint density at radius 1 is 0.966 bits per heavy atom. The van der Waals surface area contributed by atoms with Crippen molar-refractivity contribution in [1.29, 1.82) is 0 Å². The minimum Gasteiger partial charge on any atom is -0.481 e. The lowest BCUT2D eigenvalue weighted by Crippen LogP contribution is -2.23. The van der Waals surface area contributed by atoms with Crippen molar-refractivity contribution in [3.8, 4) is 0 Å². The lowest BCUT2D eigenvalue weighted by Gasteiger charge is -2.23. The van der Waals surface area contributed by atoms with Crippen LogP contribution in [0.5, 0.6) is 0 Å². The molecule has 1 aliphatic carbocycles. The molecule has 0 unspecified atom stereocenters. The molecule has 0 amide bonds. The molecular formula is C25H46O4. The second-order valence-corrected chi connectivity index (χ2v) is 9.78. The first-order chi connectivity index (χ1) is 13.8. The van der Waals surface area contributed by atoms with E-state index < -0.39 is 11.4 Å². The van der Waals surface area contributed by atoms with Crippen LogP contribution in [0.4, 0.5) is 0 Å². The molecule has 0 aromatic carbocycles. The van der Waals surface area contributed by atoms with Crippen LogP contribution in [0.2, 0.25) is 0 Å². The molecule has 0 bridgehead atoms. The molecule has 3 atom stereocenters. The summed E-state index contributed by atoms with van der Waals surface area (Å²) in [4.78, 5) is 23.0. The molecule has 170 valence electrons. The molecule has 1 rings (SSSR count). The summed E-state index contributed by atoms with van der Waals surface area (Å²) in [7, 11) is 0. The van der Waals surface area contributed by atoms with E-state index in [0.29, 0.717) is 6.42 Å². The van der Waals surface area contributed by atoms with E-state index in [0.717, 1.165) is 50.4 Å². The first-order valence-corrected chi connectivity index (χ1v) is 12.2. The standard InChI is InChI=1S/C25H46O4/c1-5-7-9-16-22(29-23(26)6-2)18-17-21-15-12-14-20(21)13-10-8-11-19-25(3,4)24(27)28/h20-22H,5-19H2,1-4H3,(H,27,28)/t20-,21+,22-/m0/s1. The Morgan fingerprint density at radius 3 is 2.28 bits per heavy atom. The number of carbonyl (C=O) groups is 2. The van der Waals surface area contributed by atoms with E-state index in [1.54, 1.807) is 0 Å². The van der Waals surface area contributed by atoms with Gasteiger partial charge < -0.3 is 9.84 Å². The van der Waals surface area contributed by atoms with Crippen LogP contribution in [-0.2, 0) is 14.3 Å². The minimum absolute atomic E-state index is 0.0567. The number of rotatable bonds is 16.